The number of ether oxygens (including phenoxy) is 1. The lowest BCUT2D eigenvalue weighted by Gasteiger charge is -2.17. The minimum Gasteiger partial charge on any atom is -0.457 e. The Morgan fingerprint density at radius 2 is 1.74 bits per heavy atom. The number of oxime groups is 1. The van der Waals surface area contributed by atoms with Gasteiger partial charge >= 0.3 is 0 Å². The van der Waals surface area contributed by atoms with Gasteiger partial charge in [-0.3, -0.25) is 4.79 Å². The van der Waals surface area contributed by atoms with Crippen LogP contribution in [0.2, 0.25) is 0 Å². The van der Waals surface area contributed by atoms with E-state index < -0.39 is 11.7 Å². The monoisotopic (exact) mass is 362 g/mol. The van der Waals surface area contributed by atoms with Crippen LogP contribution in [-0.4, -0.2) is 16.8 Å². The average molecular weight is 362 g/mol. The standard InChI is InChI=1S/C21H15FN2O3/c22-15-9-10-19-18(12-15)20(23-26)21(25)24(19)13-14-5-4-8-17(11-14)27-16-6-2-1-3-7-16/h1-12,26H,13H2/b23-20-. The highest BCUT2D eigenvalue weighted by Gasteiger charge is 2.34. The largest absolute Gasteiger partial charge is 0.457 e. The maximum Gasteiger partial charge on any atom is 0.281 e. The van der Waals surface area contributed by atoms with Crippen LogP contribution in [0.3, 0.4) is 0 Å². The third kappa shape index (κ3) is 3.25. The van der Waals surface area contributed by atoms with Crippen LogP contribution in [0.5, 0.6) is 11.5 Å². The number of nitrogens with zero attached hydrogens (tertiary/aromatic N) is 2. The SMILES string of the molecule is O=C1/C(=N\O)c2cc(F)ccc2N1Cc1cccc(Oc2ccccc2)c1. The van der Waals surface area contributed by atoms with E-state index in [2.05, 4.69) is 5.16 Å². The molecule has 6 heteroatoms. The van der Waals surface area contributed by atoms with Gasteiger partial charge in [-0.15, -0.1) is 0 Å². The molecule has 0 saturated heterocycles. The summed E-state index contributed by atoms with van der Waals surface area (Å²) in [4.78, 5) is 14.0. The summed E-state index contributed by atoms with van der Waals surface area (Å²) >= 11 is 0. The van der Waals surface area contributed by atoms with Crippen molar-refractivity contribution >= 4 is 17.3 Å². The fourth-order valence-corrected chi connectivity index (χ4v) is 3.05. The lowest BCUT2D eigenvalue weighted by molar-refractivity contribution is -0.112. The number of anilines is 1. The highest BCUT2D eigenvalue weighted by Crippen LogP contribution is 2.32. The van der Waals surface area contributed by atoms with Gasteiger partial charge in [0.15, 0.2) is 5.71 Å². The molecule has 0 atom stereocenters. The molecular formula is C21H15FN2O3. The smallest absolute Gasteiger partial charge is 0.281 e. The number of para-hydroxylation sites is 1. The van der Waals surface area contributed by atoms with Crippen LogP contribution in [0.1, 0.15) is 11.1 Å². The van der Waals surface area contributed by atoms with Gasteiger partial charge < -0.3 is 14.8 Å². The first-order valence-corrected chi connectivity index (χ1v) is 8.31. The Morgan fingerprint density at radius 3 is 2.52 bits per heavy atom. The van der Waals surface area contributed by atoms with Crippen LogP contribution < -0.4 is 9.64 Å². The van der Waals surface area contributed by atoms with Crippen LogP contribution in [-0.2, 0) is 11.3 Å². The predicted molar refractivity (Wildman–Crippen MR) is 98.9 cm³/mol. The number of rotatable bonds is 4. The van der Waals surface area contributed by atoms with Crippen LogP contribution in [0.25, 0.3) is 0 Å². The molecule has 134 valence electrons. The van der Waals surface area contributed by atoms with E-state index >= 15 is 0 Å². The van der Waals surface area contributed by atoms with Crippen molar-refractivity contribution in [3.63, 3.8) is 0 Å². The summed E-state index contributed by atoms with van der Waals surface area (Å²) in [5.74, 6) is 0.374. The van der Waals surface area contributed by atoms with Gasteiger partial charge in [-0.05, 0) is 48.0 Å². The molecule has 1 heterocycles. The fourth-order valence-electron chi connectivity index (χ4n) is 3.05. The van der Waals surface area contributed by atoms with E-state index in [0.717, 1.165) is 5.56 Å². The summed E-state index contributed by atoms with van der Waals surface area (Å²) in [5, 5.41) is 12.2. The van der Waals surface area contributed by atoms with Crippen LogP contribution >= 0.6 is 0 Å². The second-order valence-electron chi connectivity index (χ2n) is 6.06. The molecule has 4 rings (SSSR count). The van der Waals surface area contributed by atoms with E-state index in [1.807, 2.05) is 54.6 Å². The van der Waals surface area contributed by atoms with Crippen LogP contribution in [0.4, 0.5) is 10.1 Å². The molecule has 1 amide bonds. The van der Waals surface area contributed by atoms with Crippen molar-refractivity contribution < 1.29 is 19.1 Å². The minimum absolute atomic E-state index is 0.166. The van der Waals surface area contributed by atoms with Gasteiger partial charge in [-0.1, -0.05) is 35.5 Å². The van der Waals surface area contributed by atoms with Gasteiger partial charge in [-0.2, -0.15) is 0 Å². The number of hydrogen-bond donors (Lipinski definition) is 1. The molecule has 1 N–H and O–H groups in total. The Labute approximate surface area is 154 Å². The fraction of sp³-hybridized carbons (Fsp3) is 0.0476. The summed E-state index contributed by atoms with van der Waals surface area (Å²) < 4.78 is 19.4. The quantitative estimate of drug-likeness (QED) is 0.555. The number of carbonyl (C=O) groups is 1. The maximum atomic E-state index is 13.5. The Morgan fingerprint density at radius 1 is 0.963 bits per heavy atom. The molecule has 1 aliphatic heterocycles. The lowest BCUT2D eigenvalue weighted by Crippen LogP contribution is -2.29. The Bertz CT molecular complexity index is 1030. The van der Waals surface area contributed by atoms with E-state index in [1.54, 1.807) is 0 Å². The van der Waals surface area contributed by atoms with Crippen LogP contribution in [0.15, 0.2) is 78.0 Å². The summed E-state index contributed by atoms with van der Waals surface area (Å²) in [6.45, 7) is 0.239. The molecule has 0 unspecified atom stereocenters. The minimum atomic E-state index is -0.497. The van der Waals surface area contributed by atoms with E-state index in [0.29, 0.717) is 17.2 Å². The summed E-state index contributed by atoms with van der Waals surface area (Å²) in [6, 6.07) is 20.7. The van der Waals surface area contributed by atoms with Crippen LogP contribution in [0, 0.1) is 5.82 Å². The molecule has 0 aromatic heterocycles. The zero-order chi connectivity index (χ0) is 18.8. The third-order valence-corrected chi connectivity index (χ3v) is 4.27. The highest BCUT2D eigenvalue weighted by atomic mass is 19.1. The van der Waals surface area contributed by atoms with Crippen molar-refractivity contribution in [2.75, 3.05) is 4.90 Å². The molecule has 1 aliphatic rings. The first-order chi connectivity index (χ1) is 13.2. The Kier molecular flexibility index (Phi) is 4.30. The van der Waals surface area contributed by atoms with Crippen molar-refractivity contribution in [3.8, 4) is 11.5 Å². The first-order valence-electron chi connectivity index (χ1n) is 8.31. The molecule has 0 bridgehead atoms. The topological polar surface area (TPSA) is 62.1 Å². The Balaban J connectivity index is 1.61. The van der Waals surface area contributed by atoms with Gasteiger partial charge in [0.2, 0.25) is 0 Å². The van der Waals surface area contributed by atoms with Gasteiger partial charge in [0.05, 0.1) is 12.2 Å². The summed E-state index contributed by atoms with van der Waals surface area (Å²) in [6.07, 6.45) is 0. The van der Waals surface area contributed by atoms with Crippen molar-refractivity contribution in [1.82, 2.24) is 0 Å². The summed E-state index contributed by atoms with van der Waals surface area (Å²) in [7, 11) is 0. The second kappa shape index (κ2) is 6.92. The molecule has 0 spiro atoms. The molecule has 0 fully saturated rings. The molecule has 5 nitrogen and oxygen atoms in total. The van der Waals surface area contributed by atoms with E-state index in [1.165, 1.54) is 23.1 Å². The zero-order valence-electron chi connectivity index (χ0n) is 14.2. The molecule has 0 radical (unpaired) electrons. The maximum absolute atomic E-state index is 13.5. The average Bonchev–Trinajstić information content (AvgIpc) is 2.93. The highest BCUT2D eigenvalue weighted by molar-refractivity contribution is 6.54. The number of carbonyl (C=O) groups excluding carboxylic acids is 1. The summed E-state index contributed by atoms with van der Waals surface area (Å²) in [5.41, 5.74) is 1.44. The number of fused-ring (bicyclic) bond motifs is 1. The molecule has 0 saturated carbocycles. The van der Waals surface area contributed by atoms with E-state index in [9.17, 15) is 9.18 Å². The van der Waals surface area contributed by atoms with E-state index in [-0.39, 0.29) is 17.8 Å². The molecule has 3 aromatic carbocycles. The molecular weight excluding hydrogens is 347 g/mol. The second-order valence-corrected chi connectivity index (χ2v) is 6.06. The Hall–Kier alpha value is -3.67. The van der Waals surface area contributed by atoms with Crippen molar-refractivity contribution in [2.45, 2.75) is 6.54 Å². The number of amides is 1. The van der Waals surface area contributed by atoms with Crippen molar-refractivity contribution in [2.24, 2.45) is 5.16 Å². The van der Waals surface area contributed by atoms with Gasteiger partial charge in [0.1, 0.15) is 17.3 Å². The van der Waals surface area contributed by atoms with Gasteiger partial charge in [0.25, 0.3) is 5.91 Å². The number of hydrogen-bond acceptors (Lipinski definition) is 4. The molecule has 3 aromatic rings. The molecule has 0 aliphatic carbocycles. The third-order valence-electron chi connectivity index (χ3n) is 4.27. The normalized spacial score (nSPS) is 14.5. The molecule has 27 heavy (non-hydrogen) atoms. The predicted octanol–water partition coefficient (Wildman–Crippen LogP) is 4.34. The first kappa shape index (κ1) is 16.8. The number of halogens is 1. The van der Waals surface area contributed by atoms with Crippen molar-refractivity contribution in [1.29, 1.82) is 0 Å². The van der Waals surface area contributed by atoms with E-state index in [4.69, 9.17) is 9.94 Å². The van der Waals surface area contributed by atoms with Gasteiger partial charge in [-0.25, -0.2) is 4.39 Å². The van der Waals surface area contributed by atoms with Gasteiger partial charge in [0, 0.05) is 5.56 Å². The lowest BCUT2D eigenvalue weighted by atomic mass is 10.1. The van der Waals surface area contributed by atoms with Crippen molar-refractivity contribution in [3.05, 3.63) is 89.7 Å². The number of benzene rings is 3. The zero-order valence-corrected chi connectivity index (χ0v) is 14.2.